The van der Waals surface area contributed by atoms with Crippen molar-refractivity contribution >= 4 is 38.9 Å². The van der Waals surface area contributed by atoms with Crippen LogP contribution in [0.15, 0.2) is 46.0 Å². The lowest BCUT2D eigenvalue weighted by Gasteiger charge is -2.24. The smallest absolute Gasteiger partial charge is 0.240 e. The van der Waals surface area contributed by atoms with Crippen molar-refractivity contribution in [2.45, 2.75) is 17.4 Å². The van der Waals surface area contributed by atoms with E-state index in [4.69, 9.17) is 11.6 Å². The SMILES string of the molecule is CN(C)C(CNC(=O)CCNS(=O)(=O)c1cccc(Cl)c1)c1ccsc1. The molecule has 1 atom stereocenters. The quantitative estimate of drug-likeness (QED) is 0.659. The number of benzene rings is 1. The number of likely N-dealkylation sites (N-methyl/N-ethyl adjacent to an activating group) is 1. The zero-order chi connectivity index (χ0) is 19.2. The number of thiophene rings is 1. The molecule has 0 saturated carbocycles. The monoisotopic (exact) mass is 415 g/mol. The van der Waals surface area contributed by atoms with Gasteiger partial charge in [-0.1, -0.05) is 17.7 Å². The van der Waals surface area contributed by atoms with Gasteiger partial charge in [0.1, 0.15) is 0 Å². The van der Waals surface area contributed by atoms with Gasteiger partial charge in [-0.3, -0.25) is 4.79 Å². The van der Waals surface area contributed by atoms with Gasteiger partial charge in [-0.25, -0.2) is 13.1 Å². The first-order valence-electron chi connectivity index (χ1n) is 8.00. The number of sulfonamides is 1. The third-order valence-electron chi connectivity index (χ3n) is 3.79. The average molecular weight is 416 g/mol. The van der Waals surface area contributed by atoms with Crippen molar-refractivity contribution in [1.29, 1.82) is 0 Å². The highest BCUT2D eigenvalue weighted by molar-refractivity contribution is 7.89. The minimum Gasteiger partial charge on any atom is -0.354 e. The second-order valence-corrected chi connectivity index (χ2v) is 8.93. The normalized spacial score (nSPS) is 12.9. The van der Waals surface area contributed by atoms with Gasteiger partial charge in [-0.05, 0) is 54.7 Å². The molecule has 142 valence electrons. The van der Waals surface area contributed by atoms with Crippen LogP contribution < -0.4 is 10.0 Å². The highest BCUT2D eigenvalue weighted by atomic mass is 35.5. The third-order valence-corrected chi connectivity index (χ3v) is 6.19. The number of rotatable bonds is 9. The van der Waals surface area contributed by atoms with Gasteiger partial charge in [-0.15, -0.1) is 0 Å². The van der Waals surface area contributed by atoms with E-state index in [1.807, 2.05) is 30.4 Å². The Morgan fingerprint density at radius 3 is 2.69 bits per heavy atom. The molecular weight excluding hydrogens is 394 g/mol. The Balaban J connectivity index is 1.81. The molecule has 1 heterocycles. The van der Waals surface area contributed by atoms with Crippen molar-refractivity contribution in [1.82, 2.24) is 14.9 Å². The van der Waals surface area contributed by atoms with E-state index in [1.165, 1.54) is 12.1 Å². The van der Waals surface area contributed by atoms with Crippen molar-refractivity contribution < 1.29 is 13.2 Å². The zero-order valence-corrected chi connectivity index (χ0v) is 17.0. The Morgan fingerprint density at radius 1 is 1.31 bits per heavy atom. The van der Waals surface area contributed by atoms with Gasteiger partial charge < -0.3 is 10.2 Å². The molecule has 1 unspecified atom stereocenters. The lowest BCUT2D eigenvalue weighted by atomic mass is 10.1. The van der Waals surface area contributed by atoms with Gasteiger partial charge in [0.2, 0.25) is 15.9 Å². The summed E-state index contributed by atoms with van der Waals surface area (Å²) in [7, 11) is 0.224. The van der Waals surface area contributed by atoms with Crippen LogP contribution in [0.5, 0.6) is 0 Å². The number of carbonyl (C=O) groups excluding carboxylic acids is 1. The van der Waals surface area contributed by atoms with Crippen molar-refractivity contribution in [3.05, 3.63) is 51.7 Å². The van der Waals surface area contributed by atoms with E-state index in [2.05, 4.69) is 15.4 Å². The maximum atomic E-state index is 12.2. The van der Waals surface area contributed by atoms with Crippen molar-refractivity contribution in [2.75, 3.05) is 27.2 Å². The number of halogens is 1. The van der Waals surface area contributed by atoms with Gasteiger partial charge >= 0.3 is 0 Å². The molecule has 0 aliphatic carbocycles. The largest absolute Gasteiger partial charge is 0.354 e. The van der Waals surface area contributed by atoms with E-state index in [-0.39, 0.29) is 29.8 Å². The molecule has 2 N–H and O–H groups in total. The van der Waals surface area contributed by atoms with Gasteiger partial charge in [0.25, 0.3) is 0 Å². The number of amides is 1. The van der Waals surface area contributed by atoms with E-state index in [9.17, 15) is 13.2 Å². The first-order chi connectivity index (χ1) is 12.3. The van der Waals surface area contributed by atoms with E-state index in [0.717, 1.165) is 5.56 Å². The Labute approximate surface area is 163 Å². The first-order valence-corrected chi connectivity index (χ1v) is 10.8. The van der Waals surface area contributed by atoms with Gasteiger partial charge in [-0.2, -0.15) is 11.3 Å². The predicted octanol–water partition coefficient (Wildman–Crippen LogP) is 2.49. The van der Waals surface area contributed by atoms with E-state index in [0.29, 0.717) is 11.6 Å². The molecule has 1 amide bonds. The number of carbonyl (C=O) groups is 1. The summed E-state index contributed by atoms with van der Waals surface area (Å²) in [5.41, 5.74) is 1.14. The Kier molecular flexibility index (Phi) is 7.60. The van der Waals surface area contributed by atoms with E-state index < -0.39 is 10.0 Å². The molecule has 6 nitrogen and oxygen atoms in total. The molecule has 2 aromatic rings. The van der Waals surface area contributed by atoms with Crippen molar-refractivity contribution in [2.24, 2.45) is 0 Å². The van der Waals surface area contributed by atoms with Gasteiger partial charge in [0.05, 0.1) is 10.9 Å². The molecule has 0 fully saturated rings. The molecule has 1 aromatic carbocycles. The fourth-order valence-electron chi connectivity index (χ4n) is 2.38. The summed E-state index contributed by atoms with van der Waals surface area (Å²) < 4.78 is 26.8. The summed E-state index contributed by atoms with van der Waals surface area (Å²) in [6.07, 6.45) is 0.0591. The van der Waals surface area contributed by atoms with Gasteiger partial charge in [0, 0.05) is 24.5 Å². The number of nitrogens with zero attached hydrogens (tertiary/aromatic N) is 1. The summed E-state index contributed by atoms with van der Waals surface area (Å²) in [5.74, 6) is -0.208. The van der Waals surface area contributed by atoms with Crippen LogP contribution in [-0.2, 0) is 14.8 Å². The molecule has 1 aromatic heterocycles. The maximum absolute atomic E-state index is 12.2. The molecule has 9 heteroatoms. The Morgan fingerprint density at radius 2 is 2.08 bits per heavy atom. The first kappa shape index (κ1) is 20.9. The van der Waals surface area contributed by atoms with Crippen LogP contribution in [0.2, 0.25) is 5.02 Å². The highest BCUT2D eigenvalue weighted by Crippen LogP contribution is 2.20. The summed E-state index contributed by atoms with van der Waals surface area (Å²) in [6, 6.07) is 8.09. The van der Waals surface area contributed by atoms with Crippen LogP contribution in [0.25, 0.3) is 0 Å². The van der Waals surface area contributed by atoms with Crippen LogP contribution in [0.1, 0.15) is 18.0 Å². The van der Waals surface area contributed by atoms with E-state index >= 15 is 0 Å². The standard InChI is InChI=1S/C17H22ClN3O3S2/c1-21(2)16(13-7-9-25-12-13)11-19-17(22)6-8-20-26(23,24)15-5-3-4-14(18)10-15/h3-5,7,9-10,12,16,20H,6,8,11H2,1-2H3,(H,19,22). The second-order valence-electron chi connectivity index (χ2n) is 5.95. The molecule has 2 rings (SSSR count). The number of hydrogen-bond donors (Lipinski definition) is 2. The second kappa shape index (κ2) is 9.48. The summed E-state index contributed by atoms with van der Waals surface area (Å²) in [5, 5.41) is 7.25. The third kappa shape index (κ3) is 6.07. The van der Waals surface area contributed by atoms with Crippen LogP contribution in [0.3, 0.4) is 0 Å². The van der Waals surface area contributed by atoms with Crippen LogP contribution in [-0.4, -0.2) is 46.4 Å². The van der Waals surface area contributed by atoms with Crippen LogP contribution in [0, 0.1) is 0 Å². The molecule has 0 aliphatic rings. The molecule has 0 aliphatic heterocycles. The molecule has 26 heavy (non-hydrogen) atoms. The predicted molar refractivity (Wildman–Crippen MR) is 105 cm³/mol. The fourth-order valence-corrected chi connectivity index (χ4v) is 4.42. The molecular formula is C17H22ClN3O3S2. The average Bonchev–Trinajstić information content (AvgIpc) is 3.08. The number of hydrogen-bond acceptors (Lipinski definition) is 5. The van der Waals surface area contributed by atoms with Crippen LogP contribution in [0.4, 0.5) is 0 Å². The van der Waals surface area contributed by atoms with Gasteiger partial charge in [0.15, 0.2) is 0 Å². The van der Waals surface area contributed by atoms with Crippen molar-refractivity contribution in [3.8, 4) is 0 Å². The summed E-state index contributed by atoms with van der Waals surface area (Å²) >= 11 is 7.42. The summed E-state index contributed by atoms with van der Waals surface area (Å²) in [4.78, 5) is 14.1. The Hall–Kier alpha value is -1.45. The molecule has 0 radical (unpaired) electrons. The summed E-state index contributed by atoms with van der Waals surface area (Å²) in [6.45, 7) is 0.482. The zero-order valence-electron chi connectivity index (χ0n) is 14.6. The lowest BCUT2D eigenvalue weighted by Crippen LogP contribution is -2.36. The lowest BCUT2D eigenvalue weighted by molar-refractivity contribution is -0.121. The maximum Gasteiger partial charge on any atom is 0.240 e. The molecule has 0 saturated heterocycles. The molecule has 0 spiro atoms. The number of nitrogens with one attached hydrogen (secondary N) is 2. The topological polar surface area (TPSA) is 78.5 Å². The Bertz CT molecular complexity index is 824. The molecule has 0 bridgehead atoms. The van der Waals surface area contributed by atoms with E-state index in [1.54, 1.807) is 23.5 Å². The minimum atomic E-state index is -3.68. The highest BCUT2D eigenvalue weighted by Gasteiger charge is 2.17. The fraction of sp³-hybridized carbons (Fsp3) is 0.353. The minimum absolute atomic E-state index is 0.0196. The van der Waals surface area contributed by atoms with Crippen LogP contribution >= 0.6 is 22.9 Å². The van der Waals surface area contributed by atoms with Crippen molar-refractivity contribution in [3.63, 3.8) is 0 Å².